The maximum Gasteiger partial charge on any atom is 0.238 e. The van der Waals surface area contributed by atoms with Gasteiger partial charge in [-0.05, 0) is 111 Å². The highest BCUT2D eigenvalue weighted by Crippen LogP contribution is 2.51. The van der Waals surface area contributed by atoms with Crippen LogP contribution in [0.15, 0.2) is 0 Å². The first-order chi connectivity index (χ1) is 17.0. The van der Waals surface area contributed by atoms with Crippen LogP contribution in [0.25, 0.3) is 4.85 Å². The van der Waals surface area contributed by atoms with Crippen LogP contribution in [0.3, 0.4) is 0 Å². The molecular formula is C28H63N5O2P2. The second-order valence-electron chi connectivity index (χ2n) is 11.7. The van der Waals surface area contributed by atoms with E-state index in [0.717, 1.165) is 0 Å². The fourth-order valence-electron chi connectivity index (χ4n) is 4.69. The molecule has 0 unspecified atom stereocenters. The van der Waals surface area contributed by atoms with Crippen molar-refractivity contribution >= 4 is 16.9 Å². The average Bonchev–Trinajstić information content (AvgIpc) is 2.71. The van der Waals surface area contributed by atoms with Crippen molar-refractivity contribution in [3.8, 4) is 0 Å². The molecule has 0 heterocycles. The molecule has 0 rings (SSSR count). The third kappa shape index (κ3) is 13.8. The highest BCUT2D eigenvalue weighted by atomic mass is 31.2. The smallest absolute Gasteiger partial charge is 0.238 e. The van der Waals surface area contributed by atoms with Crippen molar-refractivity contribution in [2.45, 2.75) is 159 Å². The topological polar surface area (TPSA) is 35.8 Å². The van der Waals surface area contributed by atoms with Gasteiger partial charge in [-0.15, -0.1) is 0 Å². The Balaban J connectivity index is 0. The van der Waals surface area contributed by atoms with Gasteiger partial charge in [-0.1, -0.05) is 0 Å². The van der Waals surface area contributed by atoms with Crippen LogP contribution in [0.5, 0.6) is 0 Å². The molecule has 0 atom stereocenters. The Morgan fingerprint density at radius 1 is 0.514 bits per heavy atom. The number of hydrogen-bond acceptors (Lipinski definition) is 6. The molecule has 0 N–H and O–H groups in total. The maximum atomic E-state index is 6.92. The SMILES string of the molecule is COP(N(C(C)C)C(C)C)N(C(C)C)C(C)C.[C-]#[N+]CCOP(N(C(C)C)C(C)C)N(C(C)C)C(C)C. The predicted molar refractivity (Wildman–Crippen MR) is 167 cm³/mol. The van der Waals surface area contributed by atoms with Crippen molar-refractivity contribution in [2.75, 3.05) is 20.3 Å². The zero-order valence-corrected chi connectivity index (χ0v) is 29.3. The summed E-state index contributed by atoms with van der Waals surface area (Å²) in [5.74, 6) is 0. The first kappa shape index (κ1) is 39.3. The standard InChI is InChI=1S/C15H32N3OP.C13H31N2OP/c1-12(2)17(13(3)4)20(19-11-10-16-9)18(14(5)6)15(7)8;1-10(2)14(11(3)4)17(16-9)15(12(5)6)13(7)8/h12-15H,10-11H2,1-8H3;10-13H,1-9H3. The molecule has 0 aromatic carbocycles. The van der Waals surface area contributed by atoms with E-state index in [9.17, 15) is 0 Å². The van der Waals surface area contributed by atoms with Gasteiger partial charge >= 0.3 is 0 Å². The Morgan fingerprint density at radius 3 is 0.946 bits per heavy atom. The molecule has 0 aliphatic heterocycles. The molecule has 0 radical (unpaired) electrons. The van der Waals surface area contributed by atoms with Gasteiger partial charge in [-0.3, -0.25) is 0 Å². The van der Waals surface area contributed by atoms with Crippen molar-refractivity contribution in [3.63, 3.8) is 0 Å². The van der Waals surface area contributed by atoms with Crippen LogP contribution in [0, 0.1) is 6.57 Å². The molecule has 9 heteroatoms. The Kier molecular flexibility index (Phi) is 21.3. The van der Waals surface area contributed by atoms with Crippen LogP contribution in [-0.4, -0.2) is 87.3 Å². The first-order valence-electron chi connectivity index (χ1n) is 14.2. The van der Waals surface area contributed by atoms with E-state index >= 15 is 0 Å². The zero-order chi connectivity index (χ0) is 29.6. The molecule has 0 fully saturated rings. The Hall–Kier alpha value is 0.110. The van der Waals surface area contributed by atoms with Gasteiger partial charge in [-0.25, -0.2) is 25.3 Å². The van der Waals surface area contributed by atoms with Gasteiger partial charge in [0.25, 0.3) is 0 Å². The van der Waals surface area contributed by atoms with Crippen molar-refractivity contribution < 1.29 is 9.05 Å². The normalized spacial score (nSPS) is 13.0. The summed E-state index contributed by atoms with van der Waals surface area (Å²) in [5.41, 5.74) is 0. The van der Waals surface area contributed by atoms with E-state index in [2.05, 4.69) is 134 Å². The van der Waals surface area contributed by atoms with Crippen LogP contribution in [0.1, 0.15) is 111 Å². The summed E-state index contributed by atoms with van der Waals surface area (Å²) in [6.45, 7) is 43.5. The first-order valence-corrected chi connectivity index (χ1v) is 16.5. The monoisotopic (exact) mass is 563 g/mol. The number of rotatable bonds is 16. The average molecular weight is 564 g/mol. The largest absolute Gasteiger partial charge is 0.335 e. The lowest BCUT2D eigenvalue weighted by molar-refractivity contribution is 0.191. The molecule has 0 aliphatic carbocycles. The summed E-state index contributed by atoms with van der Waals surface area (Å²) in [6, 6.07) is 3.70. The third-order valence-corrected chi connectivity index (χ3v) is 11.6. The lowest BCUT2D eigenvalue weighted by Gasteiger charge is -2.45. The summed E-state index contributed by atoms with van der Waals surface area (Å²) in [7, 11) is 0.325. The van der Waals surface area contributed by atoms with Gasteiger partial charge in [0.1, 0.15) is 6.61 Å². The van der Waals surface area contributed by atoms with Crippen molar-refractivity contribution in [3.05, 3.63) is 11.4 Å². The van der Waals surface area contributed by atoms with Gasteiger partial charge in [0, 0.05) is 55.4 Å². The third-order valence-electron chi connectivity index (χ3n) is 5.60. The quantitative estimate of drug-likeness (QED) is 0.106. The molecule has 0 aliphatic rings. The molecule has 0 saturated carbocycles. The van der Waals surface area contributed by atoms with E-state index in [1.807, 2.05) is 7.11 Å². The minimum Gasteiger partial charge on any atom is -0.335 e. The summed E-state index contributed by atoms with van der Waals surface area (Å²) in [5, 5.41) is 0. The zero-order valence-electron chi connectivity index (χ0n) is 27.5. The summed E-state index contributed by atoms with van der Waals surface area (Å²) in [6.07, 6.45) is 0. The van der Waals surface area contributed by atoms with Crippen LogP contribution in [0.2, 0.25) is 0 Å². The molecule has 0 aromatic rings. The van der Waals surface area contributed by atoms with E-state index in [0.29, 0.717) is 61.5 Å². The lowest BCUT2D eigenvalue weighted by atomic mass is 10.3. The molecule has 222 valence electrons. The van der Waals surface area contributed by atoms with E-state index in [4.69, 9.17) is 15.6 Å². The van der Waals surface area contributed by atoms with E-state index in [-0.39, 0.29) is 0 Å². The van der Waals surface area contributed by atoms with Gasteiger partial charge < -0.3 is 13.9 Å². The summed E-state index contributed by atoms with van der Waals surface area (Å²) < 4.78 is 21.8. The van der Waals surface area contributed by atoms with Crippen molar-refractivity contribution in [1.82, 2.24) is 18.7 Å². The van der Waals surface area contributed by atoms with E-state index in [1.54, 1.807) is 0 Å². The van der Waals surface area contributed by atoms with Gasteiger partial charge in [0.05, 0.1) is 0 Å². The van der Waals surface area contributed by atoms with Gasteiger partial charge in [0.15, 0.2) is 16.9 Å². The lowest BCUT2D eigenvalue weighted by Crippen LogP contribution is -2.43. The Labute approximate surface area is 235 Å². The Bertz CT molecular complexity index is 538. The van der Waals surface area contributed by atoms with Crippen LogP contribution >= 0.6 is 16.9 Å². The molecule has 7 nitrogen and oxygen atoms in total. The van der Waals surface area contributed by atoms with Crippen molar-refractivity contribution in [1.29, 1.82) is 0 Å². The highest BCUT2D eigenvalue weighted by Gasteiger charge is 2.35. The summed E-state index contributed by atoms with van der Waals surface area (Å²) >= 11 is 0. The van der Waals surface area contributed by atoms with E-state index in [1.165, 1.54) is 0 Å². The van der Waals surface area contributed by atoms with E-state index < -0.39 is 16.9 Å². The molecule has 0 saturated heterocycles. The number of hydrogen-bond donors (Lipinski definition) is 0. The molecular weight excluding hydrogens is 500 g/mol. The number of nitrogens with zero attached hydrogens (tertiary/aromatic N) is 5. The molecule has 0 bridgehead atoms. The van der Waals surface area contributed by atoms with Crippen LogP contribution in [0.4, 0.5) is 0 Å². The van der Waals surface area contributed by atoms with Crippen LogP contribution < -0.4 is 0 Å². The maximum absolute atomic E-state index is 6.92. The molecule has 0 aromatic heterocycles. The van der Waals surface area contributed by atoms with Crippen LogP contribution in [-0.2, 0) is 9.05 Å². The van der Waals surface area contributed by atoms with Gasteiger partial charge in [-0.2, -0.15) is 0 Å². The molecule has 0 spiro atoms. The summed E-state index contributed by atoms with van der Waals surface area (Å²) in [4.78, 5) is 3.40. The minimum atomic E-state index is -0.834. The second kappa shape index (κ2) is 20.1. The minimum absolute atomic E-state index is 0.425. The van der Waals surface area contributed by atoms with Gasteiger partial charge in [0.2, 0.25) is 6.54 Å². The Morgan fingerprint density at radius 2 is 0.757 bits per heavy atom. The molecule has 37 heavy (non-hydrogen) atoms. The second-order valence-corrected chi connectivity index (χ2v) is 15.2. The fraction of sp³-hybridized carbons (Fsp3) is 0.964. The van der Waals surface area contributed by atoms with Crippen molar-refractivity contribution in [2.24, 2.45) is 0 Å². The highest BCUT2D eigenvalue weighted by molar-refractivity contribution is 7.47. The fourth-order valence-corrected chi connectivity index (χ4v) is 9.22. The predicted octanol–water partition coefficient (Wildman–Crippen LogP) is 8.48. The molecule has 0 amide bonds.